The van der Waals surface area contributed by atoms with Crippen molar-refractivity contribution in [3.63, 3.8) is 0 Å². The highest BCUT2D eigenvalue weighted by Gasteiger charge is 2.46. The Bertz CT molecular complexity index is 711. The minimum absolute atomic E-state index is 0.0188. The molecule has 0 fully saturated rings. The second-order valence-electron chi connectivity index (χ2n) is 6.77. The van der Waals surface area contributed by atoms with Crippen LogP contribution in [-0.2, 0) is 27.9 Å². The van der Waals surface area contributed by atoms with Gasteiger partial charge in [0.2, 0.25) is 0 Å². The standard InChI is InChI=1S/C18H23N3O2/c1-12-20-17-15(21(12)7-4-8-23-3)6-5-14-9-16(22)13(11-19)10-18(14,17)2/h10,14H,4-9H2,1-3H3. The number of hydrogen-bond donors (Lipinski definition) is 0. The summed E-state index contributed by atoms with van der Waals surface area (Å²) >= 11 is 0. The molecule has 0 spiro atoms. The Labute approximate surface area is 137 Å². The first-order chi connectivity index (χ1) is 11.0. The Kier molecular flexibility index (Phi) is 4.11. The van der Waals surface area contributed by atoms with Crippen LogP contribution in [0.5, 0.6) is 0 Å². The minimum atomic E-state index is -0.302. The highest BCUT2D eigenvalue weighted by atomic mass is 16.5. The number of aromatic nitrogens is 2. The van der Waals surface area contributed by atoms with Crippen molar-refractivity contribution >= 4 is 5.78 Å². The molecule has 2 unspecified atom stereocenters. The minimum Gasteiger partial charge on any atom is -0.385 e. The van der Waals surface area contributed by atoms with Gasteiger partial charge in [0, 0.05) is 37.8 Å². The van der Waals surface area contributed by atoms with Gasteiger partial charge in [-0.05, 0) is 32.1 Å². The third-order valence-corrected chi connectivity index (χ3v) is 5.38. The summed E-state index contributed by atoms with van der Waals surface area (Å²) in [5, 5.41) is 9.24. The number of nitrogens with zero attached hydrogens (tertiary/aromatic N) is 3. The number of rotatable bonds is 4. The number of carbonyl (C=O) groups is 1. The van der Waals surface area contributed by atoms with E-state index in [-0.39, 0.29) is 17.1 Å². The molecule has 23 heavy (non-hydrogen) atoms. The number of Topliss-reactive ketones (excluding diaryl/α,β-unsaturated/α-hetero) is 1. The largest absolute Gasteiger partial charge is 0.385 e. The molecule has 2 aliphatic carbocycles. The lowest BCUT2D eigenvalue weighted by molar-refractivity contribution is -0.117. The summed E-state index contributed by atoms with van der Waals surface area (Å²) < 4.78 is 7.44. The van der Waals surface area contributed by atoms with E-state index in [0.29, 0.717) is 12.0 Å². The molecule has 0 saturated heterocycles. The van der Waals surface area contributed by atoms with Gasteiger partial charge in [0.25, 0.3) is 0 Å². The molecule has 1 aromatic heterocycles. The number of nitriles is 1. The fourth-order valence-electron chi connectivity index (χ4n) is 4.07. The number of hydrogen-bond acceptors (Lipinski definition) is 4. The van der Waals surface area contributed by atoms with Crippen molar-refractivity contribution in [2.75, 3.05) is 13.7 Å². The van der Waals surface area contributed by atoms with Crippen LogP contribution in [0.3, 0.4) is 0 Å². The Balaban J connectivity index is 2.03. The second-order valence-corrected chi connectivity index (χ2v) is 6.77. The van der Waals surface area contributed by atoms with Crippen LogP contribution in [0.1, 0.15) is 43.4 Å². The SMILES string of the molecule is COCCCn1c(C)nc2c1CCC1CC(=O)C(C#N)=CC21C. The van der Waals surface area contributed by atoms with Gasteiger partial charge in [0.05, 0.1) is 11.3 Å². The smallest absolute Gasteiger partial charge is 0.173 e. The number of ketones is 1. The van der Waals surface area contributed by atoms with Crippen molar-refractivity contribution < 1.29 is 9.53 Å². The number of allylic oxidation sites excluding steroid dienone is 2. The van der Waals surface area contributed by atoms with Gasteiger partial charge in [0.15, 0.2) is 5.78 Å². The van der Waals surface area contributed by atoms with E-state index in [1.54, 1.807) is 7.11 Å². The van der Waals surface area contributed by atoms with Gasteiger partial charge in [-0.1, -0.05) is 13.0 Å². The summed E-state index contributed by atoms with van der Waals surface area (Å²) in [6.07, 6.45) is 5.21. The van der Waals surface area contributed by atoms with Crippen molar-refractivity contribution in [2.45, 2.75) is 51.5 Å². The van der Waals surface area contributed by atoms with Crippen molar-refractivity contribution in [1.82, 2.24) is 9.55 Å². The molecule has 0 radical (unpaired) electrons. The summed E-state index contributed by atoms with van der Waals surface area (Å²) in [6, 6.07) is 2.07. The average Bonchev–Trinajstić information content (AvgIpc) is 2.85. The Morgan fingerprint density at radius 1 is 1.57 bits per heavy atom. The van der Waals surface area contributed by atoms with Gasteiger partial charge in [0.1, 0.15) is 11.9 Å². The number of imidazole rings is 1. The van der Waals surface area contributed by atoms with E-state index in [0.717, 1.165) is 43.9 Å². The zero-order chi connectivity index (χ0) is 16.6. The molecular weight excluding hydrogens is 290 g/mol. The predicted octanol–water partition coefficient (Wildman–Crippen LogP) is 2.47. The average molecular weight is 313 g/mol. The third-order valence-electron chi connectivity index (χ3n) is 5.38. The predicted molar refractivity (Wildman–Crippen MR) is 85.9 cm³/mol. The van der Waals surface area contributed by atoms with Crippen LogP contribution in [0.25, 0.3) is 0 Å². The number of ether oxygens (including phenoxy) is 1. The van der Waals surface area contributed by atoms with Gasteiger partial charge >= 0.3 is 0 Å². The molecule has 0 saturated carbocycles. The molecule has 2 atom stereocenters. The molecular formula is C18H23N3O2. The molecule has 3 rings (SSSR count). The highest BCUT2D eigenvalue weighted by molar-refractivity contribution is 6.00. The van der Waals surface area contributed by atoms with Crippen LogP contribution in [0.2, 0.25) is 0 Å². The fraction of sp³-hybridized carbons (Fsp3) is 0.611. The molecule has 122 valence electrons. The molecule has 0 N–H and O–H groups in total. The summed E-state index contributed by atoms with van der Waals surface area (Å²) in [4.78, 5) is 16.9. The Morgan fingerprint density at radius 2 is 2.35 bits per heavy atom. The Hall–Kier alpha value is -1.93. The van der Waals surface area contributed by atoms with E-state index in [1.807, 2.05) is 13.0 Å². The van der Waals surface area contributed by atoms with Crippen LogP contribution in [-0.4, -0.2) is 29.1 Å². The van der Waals surface area contributed by atoms with E-state index >= 15 is 0 Å². The zero-order valence-corrected chi connectivity index (χ0v) is 14.1. The quantitative estimate of drug-likeness (QED) is 0.801. The first-order valence-electron chi connectivity index (χ1n) is 8.22. The fourth-order valence-corrected chi connectivity index (χ4v) is 4.07. The van der Waals surface area contributed by atoms with E-state index < -0.39 is 0 Å². The van der Waals surface area contributed by atoms with E-state index in [9.17, 15) is 10.1 Å². The summed E-state index contributed by atoms with van der Waals surface area (Å²) in [7, 11) is 1.72. The number of fused-ring (bicyclic) bond motifs is 3. The van der Waals surface area contributed by atoms with Crippen LogP contribution >= 0.6 is 0 Å². The van der Waals surface area contributed by atoms with Crippen molar-refractivity contribution in [3.8, 4) is 6.07 Å². The second kappa shape index (κ2) is 5.93. The zero-order valence-electron chi connectivity index (χ0n) is 14.1. The van der Waals surface area contributed by atoms with E-state index in [1.165, 1.54) is 5.69 Å². The van der Waals surface area contributed by atoms with Gasteiger partial charge in [-0.2, -0.15) is 5.26 Å². The highest BCUT2D eigenvalue weighted by Crippen LogP contribution is 2.47. The van der Waals surface area contributed by atoms with Gasteiger partial charge in [-0.25, -0.2) is 4.98 Å². The van der Waals surface area contributed by atoms with Gasteiger partial charge in [-0.3, -0.25) is 4.79 Å². The summed E-state index contributed by atoms with van der Waals surface area (Å²) in [5.41, 5.74) is 2.32. The van der Waals surface area contributed by atoms with Crippen molar-refractivity contribution in [1.29, 1.82) is 5.26 Å². The van der Waals surface area contributed by atoms with Crippen LogP contribution < -0.4 is 0 Å². The molecule has 0 aromatic carbocycles. The molecule has 1 heterocycles. The van der Waals surface area contributed by atoms with Crippen LogP contribution in [0.4, 0.5) is 0 Å². The molecule has 1 aromatic rings. The number of carbonyl (C=O) groups excluding carboxylic acids is 1. The normalized spacial score (nSPS) is 26.3. The lowest BCUT2D eigenvalue weighted by Gasteiger charge is -2.41. The third kappa shape index (κ3) is 2.51. The number of methoxy groups -OCH3 is 1. The lowest BCUT2D eigenvalue weighted by atomic mass is 9.62. The summed E-state index contributed by atoms with van der Waals surface area (Å²) in [6.45, 7) is 5.80. The maximum atomic E-state index is 12.1. The molecule has 0 amide bonds. The van der Waals surface area contributed by atoms with Crippen LogP contribution in [0, 0.1) is 24.2 Å². The monoisotopic (exact) mass is 313 g/mol. The number of aryl methyl sites for hydroxylation is 1. The molecule has 5 nitrogen and oxygen atoms in total. The van der Waals surface area contributed by atoms with Crippen molar-refractivity contribution in [3.05, 3.63) is 28.9 Å². The van der Waals surface area contributed by atoms with Gasteiger partial charge in [-0.15, -0.1) is 0 Å². The van der Waals surface area contributed by atoms with Crippen LogP contribution in [0.15, 0.2) is 11.6 Å². The molecule has 0 bridgehead atoms. The molecule has 2 aliphatic rings. The summed E-state index contributed by atoms with van der Waals surface area (Å²) in [5.74, 6) is 1.24. The first-order valence-corrected chi connectivity index (χ1v) is 8.22. The van der Waals surface area contributed by atoms with Gasteiger partial charge < -0.3 is 9.30 Å². The molecule has 0 aliphatic heterocycles. The topological polar surface area (TPSA) is 67.9 Å². The first kappa shape index (κ1) is 15.9. The molecule has 5 heteroatoms. The maximum absolute atomic E-state index is 12.1. The van der Waals surface area contributed by atoms with Crippen molar-refractivity contribution in [2.24, 2.45) is 5.92 Å². The van der Waals surface area contributed by atoms with E-state index in [2.05, 4.69) is 17.6 Å². The van der Waals surface area contributed by atoms with E-state index in [4.69, 9.17) is 9.72 Å². The maximum Gasteiger partial charge on any atom is 0.173 e. The lowest BCUT2D eigenvalue weighted by Crippen LogP contribution is -2.40. The Morgan fingerprint density at radius 3 is 3.04 bits per heavy atom.